The number of carbonyl (C=O) groups is 1. The number of aromatic nitrogens is 1. The topological polar surface area (TPSA) is 68.0 Å². The number of nitrogens with two attached hydrogens (primary N) is 1. The molecule has 0 bridgehead atoms. The predicted octanol–water partition coefficient (Wildman–Crippen LogP) is 2.26. The van der Waals surface area contributed by atoms with Gasteiger partial charge in [-0.3, -0.25) is 4.79 Å². The van der Waals surface area contributed by atoms with Crippen LogP contribution in [0.1, 0.15) is 34.1 Å². The summed E-state index contributed by atoms with van der Waals surface area (Å²) >= 11 is 3.30. The van der Waals surface area contributed by atoms with E-state index in [0.717, 1.165) is 4.34 Å². The average Bonchev–Trinajstić information content (AvgIpc) is 2.68. The maximum atomic E-state index is 11.6. The largest absolute Gasteiger partial charge is 0.368 e. The van der Waals surface area contributed by atoms with Crippen molar-refractivity contribution >= 4 is 29.0 Å². The second kappa shape index (κ2) is 6.54. The van der Waals surface area contributed by atoms with Gasteiger partial charge < -0.3 is 11.1 Å². The van der Waals surface area contributed by atoms with Gasteiger partial charge in [0.1, 0.15) is 4.34 Å². The molecule has 1 amide bonds. The summed E-state index contributed by atoms with van der Waals surface area (Å²) in [6.45, 7) is 7.99. The lowest BCUT2D eigenvalue weighted by Gasteiger charge is -2.31. The molecule has 4 nitrogen and oxygen atoms in total. The fraction of sp³-hybridized carbons (Fsp3) is 0.667. The monoisotopic (exact) mass is 287 g/mol. The Morgan fingerprint density at radius 2 is 2.28 bits per heavy atom. The Morgan fingerprint density at radius 1 is 1.61 bits per heavy atom. The van der Waals surface area contributed by atoms with E-state index in [9.17, 15) is 4.79 Å². The third-order valence-corrected chi connectivity index (χ3v) is 4.58. The maximum Gasteiger partial charge on any atom is 0.237 e. The van der Waals surface area contributed by atoms with Crippen LogP contribution in [0.3, 0.4) is 0 Å². The van der Waals surface area contributed by atoms with Crippen molar-refractivity contribution in [2.24, 2.45) is 5.73 Å². The third-order valence-electron chi connectivity index (χ3n) is 2.56. The van der Waals surface area contributed by atoms with Crippen molar-refractivity contribution in [2.75, 3.05) is 0 Å². The first-order chi connectivity index (χ1) is 8.33. The molecule has 0 saturated carbocycles. The first-order valence-electron chi connectivity index (χ1n) is 5.97. The van der Waals surface area contributed by atoms with Gasteiger partial charge in [-0.25, -0.2) is 4.98 Å². The molecule has 0 fully saturated rings. The number of hydrogen-bond donors (Lipinski definition) is 2. The van der Waals surface area contributed by atoms with Crippen molar-refractivity contribution in [2.45, 2.75) is 55.3 Å². The molecule has 2 atom stereocenters. The molecule has 6 heteroatoms. The summed E-state index contributed by atoms with van der Waals surface area (Å²) in [6.07, 6.45) is 2.48. The lowest BCUT2D eigenvalue weighted by Crippen LogP contribution is -2.56. The summed E-state index contributed by atoms with van der Waals surface area (Å²) in [4.78, 5) is 15.9. The van der Waals surface area contributed by atoms with E-state index in [2.05, 4.69) is 17.2 Å². The molecule has 0 spiro atoms. The predicted molar refractivity (Wildman–Crippen MR) is 77.9 cm³/mol. The molecule has 0 aliphatic heterocycles. The number of carbonyl (C=O) groups excluding carboxylic acids is 1. The molecule has 3 N–H and O–H groups in total. The van der Waals surface area contributed by atoms with E-state index in [1.807, 2.05) is 26.2 Å². The quantitative estimate of drug-likeness (QED) is 0.755. The van der Waals surface area contributed by atoms with Gasteiger partial charge in [-0.05, 0) is 27.2 Å². The minimum atomic E-state index is -0.669. The minimum Gasteiger partial charge on any atom is -0.368 e. The Bertz CT molecular complexity index is 381. The van der Waals surface area contributed by atoms with Crippen LogP contribution in [0.5, 0.6) is 0 Å². The van der Waals surface area contributed by atoms with Gasteiger partial charge in [-0.1, -0.05) is 18.7 Å². The van der Waals surface area contributed by atoms with E-state index >= 15 is 0 Å². The highest BCUT2D eigenvalue weighted by Gasteiger charge is 2.33. The molecule has 2 unspecified atom stereocenters. The number of primary amides is 1. The van der Waals surface area contributed by atoms with Crippen molar-refractivity contribution < 1.29 is 4.79 Å². The van der Waals surface area contributed by atoms with Crippen molar-refractivity contribution in [1.29, 1.82) is 0 Å². The van der Waals surface area contributed by atoms with E-state index in [1.165, 1.54) is 0 Å². The Balaban J connectivity index is 2.63. The van der Waals surface area contributed by atoms with E-state index in [1.54, 1.807) is 29.3 Å². The summed E-state index contributed by atoms with van der Waals surface area (Å²) in [5.74, 6) is -0.303. The number of amides is 1. The van der Waals surface area contributed by atoms with Crippen LogP contribution >= 0.6 is 23.1 Å². The van der Waals surface area contributed by atoms with Crippen molar-refractivity contribution in [3.8, 4) is 0 Å². The fourth-order valence-corrected chi connectivity index (χ4v) is 4.05. The normalized spacial score (nSPS) is 16.5. The van der Waals surface area contributed by atoms with Gasteiger partial charge in [-0.15, -0.1) is 11.3 Å². The lowest BCUT2D eigenvalue weighted by molar-refractivity contribution is -0.124. The second-order valence-electron chi connectivity index (χ2n) is 4.93. The molecular weight excluding hydrogens is 266 g/mol. The molecule has 1 rings (SSSR count). The summed E-state index contributed by atoms with van der Waals surface area (Å²) in [5.41, 5.74) is 4.85. The standard InChI is InChI=1S/C12H21N3OS2/c1-8(2)15-12(4,10(13)16)7-9(3)18-11-14-5-6-17-11/h5-6,8-9,15H,7H2,1-4H3,(H2,13,16). The van der Waals surface area contributed by atoms with Gasteiger partial charge in [0.05, 0.1) is 5.54 Å². The second-order valence-corrected chi connectivity index (χ2v) is 7.51. The highest BCUT2D eigenvalue weighted by atomic mass is 32.2. The summed E-state index contributed by atoms with van der Waals surface area (Å²) in [6, 6.07) is 0.222. The number of nitrogens with one attached hydrogen (secondary N) is 1. The minimum absolute atomic E-state index is 0.222. The van der Waals surface area contributed by atoms with Crippen molar-refractivity contribution in [3.05, 3.63) is 11.6 Å². The van der Waals surface area contributed by atoms with Crippen molar-refractivity contribution in [3.63, 3.8) is 0 Å². The zero-order valence-corrected chi connectivity index (χ0v) is 12.9. The average molecular weight is 287 g/mol. The zero-order valence-electron chi connectivity index (χ0n) is 11.3. The molecule has 1 heterocycles. The molecule has 0 radical (unpaired) electrons. The van der Waals surface area contributed by atoms with E-state index in [-0.39, 0.29) is 17.2 Å². The Hall–Kier alpha value is -0.590. The SMILES string of the molecule is CC(C)NC(C)(CC(C)Sc1nccs1)C(N)=O. The number of thioether (sulfide) groups is 1. The van der Waals surface area contributed by atoms with Gasteiger partial charge in [0.2, 0.25) is 5.91 Å². The Kier molecular flexibility index (Phi) is 5.62. The fourth-order valence-electron chi connectivity index (χ4n) is 1.93. The lowest BCUT2D eigenvalue weighted by atomic mass is 9.94. The van der Waals surface area contributed by atoms with Crippen LogP contribution in [-0.2, 0) is 4.79 Å². The van der Waals surface area contributed by atoms with Crippen molar-refractivity contribution in [1.82, 2.24) is 10.3 Å². The molecule has 0 aromatic carbocycles. The Labute approximate surface area is 117 Å². The van der Waals surface area contributed by atoms with Crippen LogP contribution in [0, 0.1) is 0 Å². The van der Waals surface area contributed by atoms with E-state index < -0.39 is 5.54 Å². The summed E-state index contributed by atoms with van der Waals surface area (Å²) < 4.78 is 1.03. The summed E-state index contributed by atoms with van der Waals surface area (Å²) in [5, 5.41) is 5.49. The van der Waals surface area contributed by atoms with Gasteiger partial charge >= 0.3 is 0 Å². The molecule has 0 aliphatic rings. The van der Waals surface area contributed by atoms with Crippen LogP contribution in [0.15, 0.2) is 15.9 Å². The van der Waals surface area contributed by atoms with Crippen LogP contribution in [-0.4, -0.2) is 27.7 Å². The van der Waals surface area contributed by atoms with Gasteiger partial charge in [0, 0.05) is 22.9 Å². The smallest absolute Gasteiger partial charge is 0.237 e. The molecule has 0 saturated heterocycles. The van der Waals surface area contributed by atoms with Crippen LogP contribution in [0.2, 0.25) is 0 Å². The van der Waals surface area contributed by atoms with Gasteiger partial charge in [-0.2, -0.15) is 0 Å². The van der Waals surface area contributed by atoms with Gasteiger partial charge in [0.15, 0.2) is 0 Å². The number of nitrogens with zero attached hydrogens (tertiary/aromatic N) is 1. The van der Waals surface area contributed by atoms with Crippen LogP contribution < -0.4 is 11.1 Å². The number of rotatable bonds is 7. The Morgan fingerprint density at radius 3 is 2.72 bits per heavy atom. The molecule has 1 aromatic rings. The molecule has 1 aromatic heterocycles. The zero-order chi connectivity index (χ0) is 13.8. The molecular formula is C12H21N3OS2. The van der Waals surface area contributed by atoms with Gasteiger partial charge in [0.25, 0.3) is 0 Å². The first kappa shape index (κ1) is 15.5. The molecule has 0 aliphatic carbocycles. The third kappa shape index (κ3) is 4.59. The molecule has 102 valence electrons. The first-order valence-corrected chi connectivity index (χ1v) is 7.73. The van der Waals surface area contributed by atoms with E-state index in [0.29, 0.717) is 6.42 Å². The maximum absolute atomic E-state index is 11.6. The highest BCUT2D eigenvalue weighted by Crippen LogP contribution is 2.30. The van der Waals surface area contributed by atoms with E-state index in [4.69, 9.17) is 5.73 Å². The highest BCUT2D eigenvalue weighted by molar-refractivity contribution is 8.01. The summed E-state index contributed by atoms with van der Waals surface area (Å²) in [7, 11) is 0. The van der Waals surface area contributed by atoms with Crippen LogP contribution in [0.4, 0.5) is 0 Å². The molecule has 18 heavy (non-hydrogen) atoms. The number of thiazole rings is 1. The van der Waals surface area contributed by atoms with Crippen LogP contribution in [0.25, 0.3) is 0 Å². The number of hydrogen-bond acceptors (Lipinski definition) is 5.